The summed E-state index contributed by atoms with van der Waals surface area (Å²) in [5.74, 6) is 0. The fourth-order valence-electron chi connectivity index (χ4n) is 1.70. The molecule has 0 bridgehead atoms. The normalized spacial score (nSPS) is 13.1. The van der Waals surface area contributed by atoms with Gasteiger partial charge in [-0.2, -0.15) is 0 Å². The third-order valence-electron chi connectivity index (χ3n) is 2.60. The zero-order valence-electron chi connectivity index (χ0n) is 9.13. The standard InChI is InChI=1S/C12H19NO2/c1-11(12-5-3-2-4-6-12)13(7-9-14)8-10-15/h2-6,11,14-15H,7-10H2,1H3/t11-/m1/s1. The molecule has 0 saturated heterocycles. The molecule has 1 aromatic carbocycles. The van der Waals surface area contributed by atoms with E-state index in [1.54, 1.807) is 0 Å². The first-order valence-corrected chi connectivity index (χ1v) is 5.30. The fraction of sp³-hybridized carbons (Fsp3) is 0.500. The Morgan fingerprint density at radius 2 is 1.60 bits per heavy atom. The van der Waals surface area contributed by atoms with E-state index < -0.39 is 0 Å². The van der Waals surface area contributed by atoms with Gasteiger partial charge in [0.05, 0.1) is 13.2 Å². The molecule has 0 aliphatic heterocycles. The van der Waals surface area contributed by atoms with Crippen molar-refractivity contribution in [3.63, 3.8) is 0 Å². The highest BCUT2D eigenvalue weighted by molar-refractivity contribution is 5.18. The number of aliphatic hydroxyl groups excluding tert-OH is 2. The SMILES string of the molecule is C[C@H](c1ccccc1)N(CCO)CCO. The van der Waals surface area contributed by atoms with E-state index in [0.717, 1.165) is 0 Å². The van der Waals surface area contributed by atoms with E-state index in [9.17, 15) is 0 Å². The van der Waals surface area contributed by atoms with Crippen LogP contribution < -0.4 is 0 Å². The highest BCUT2D eigenvalue weighted by Gasteiger charge is 2.13. The Balaban J connectivity index is 2.67. The lowest BCUT2D eigenvalue weighted by Crippen LogP contribution is -2.32. The van der Waals surface area contributed by atoms with E-state index in [1.807, 2.05) is 18.2 Å². The largest absolute Gasteiger partial charge is 0.395 e. The van der Waals surface area contributed by atoms with Crippen LogP contribution in [0.4, 0.5) is 0 Å². The van der Waals surface area contributed by atoms with Crippen molar-refractivity contribution in [1.29, 1.82) is 0 Å². The van der Waals surface area contributed by atoms with Crippen LogP contribution in [0.5, 0.6) is 0 Å². The molecule has 0 fully saturated rings. The van der Waals surface area contributed by atoms with Gasteiger partial charge in [-0.25, -0.2) is 0 Å². The van der Waals surface area contributed by atoms with Crippen molar-refractivity contribution in [1.82, 2.24) is 4.90 Å². The van der Waals surface area contributed by atoms with Crippen molar-refractivity contribution in [2.75, 3.05) is 26.3 Å². The molecular formula is C12H19NO2. The maximum absolute atomic E-state index is 8.94. The summed E-state index contributed by atoms with van der Waals surface area (Å²) in [7, 11) is 0. The molecule has 0 heterocycles. The summed E-state index contributed by atoms with van der Waals surface area (Å²) in [5.41, 5.74) is 1.21. The smallest absolute Gasteiger partial charge is 0.0558 e. The first-order valence-electron chi connectivity index (χ1n) is 5.30. The average Bonchev–Trinajstić information content (AvgIpc) is 2.29. The van der Waals surface area contributed by atoms with Gasteiger partial charge in [-0.15, -0.1) is 0 Å². The van der Waals surface area contributed by atoms with Gasteiger partial charge in [0.15, 0.2) is 0 Å². The van der Waals surface area contributed by atoms with Crippen molar-refractivity contribution in [2.24, 2.45) is 0 Å². The third-order valence-corrected chi connectivity index (χ3v) is 2.60. The molecule has 0 aliphatic rings. The van der Waals surface area contributed by atoms with Gasteiger partial charge in [0.2, 0.25) is 0 Å². The van der Waals surface area contributed by atoms with E-state index in [4.69, 9.17) is 10.2 Å². The highest BCUT2D eigenvalue weighted by atomic mass is 16.3. The molecule has 3 nitrogen and oxygen atoms in total. The minimum absolute atomic E-state index is 0.122. The van der Waals surface area contributed by atoms with Crippen LogP contribution in [0, 0.1) is 0 Å². The molecule has 2 N–H and O–H groups in total. The Hall–Kier alpha value is -0.900. The number of benzene rings is 1. The second-order valence-corrected chi connectivity index (χ2v) is 3.57. The Morgan fingerprint density at radius 1 is 1.07 bits per heavy atom. The predicted molar refractivity (Wildman–Crippen MR) is 60.6 cm³/mol. The van der Waals surface area contributed by atoms with E-state index >= 15 is 0 Å². The van der Waals surface area contributed by atoms with Gasteiger partial charge >= 0.3 is 0 Å². The van der Waals surface area contributed by atoms with Crippen LogP contribution in [-0.4, -0.2) is 41.4 Å². The van der Waals surface area contributed by atoms with Crippen molar-refractivity contribution in [3.05, 3.63) is 35.9 Å². The highest BCUT2D eigenvalue weighted by Crippen LogP contribution is 2.18. The fourth-order valence-corrected chi connectivity index (χ4v) is 1.70. The number of hydrogen-bond donors (Lipinski definition) is 2. The van der Waals surface area contributed by atoms with Gasteiger partial charge in [0, 0.05) is 19.1 Å². The monoisotopic (exact) mass is 209 g/mol. The lowest BCUT2D eigenvalue weighted by Gasteiger charge is -2.27. The number of hydrogen-bond acceptors (Lipinski definition) is 3. The van der Waals surface area contributed by atoms with Gasteiger partial charge in [-0.3, -0.25) is 4.90 Å². The Labute approximate surface area is 91.0 Å². The van der Waals surface area contributed by atoms with Crippen LogP contribution >= 0.6 is 0 Å². The van der Waals surface area contributed by atoms with Crippen LogP contribution in [-0.2, 0) is 0 Å². The second-order valence-electron chi connectivity index (χ2n) is 3.57. The quantitative estimate of drug-likeness (QED) is 0.735. The summed E-state index contributed by atoms with van der Waals surface area (Å²) in [4.78, 5) is 2.06. The topological polar surface area (TPSA) is 43.7 Å². The first kappa shape index (κ1) is 12.2. The molecule has 3 heteroatoms. The van der Waals surface area contributed by atoms with Crippen molar-refractivity contribution >= 4 is 0 Å². The summed E-state index contributed by atoms with van der Waals surface area (Å²) in [5, 5.41) is 17.9. The summed E-state index contributed by atoms with van der Waals surface area (Å²) in [6, 6.07) is 10.3. The van der Waals surface area contributed by atoms with E-state index in [2.05, 4.69) is 24.0 Å². The third kappa shape index (κ3) is 3.63. The van der Waals surface area contributed by atoms with Crippen LogP contribution in [0.15, 0.2) is 30.3 Å². The maximum Gasteiger partial charge on any atom is 0.0558 e. The minimum atomic E-state index is 0.122. The van der Waals surface area contributed by atoms with Gasteiger partial charge in [0.1, 0.15) is 0 Å². The summed E-state index contributed by atoms with van der Waals surface area (Å²) in [6.07, 6.45) is 0. The molecule has 0 unspecified atom stereocenters. The predicted octanol–water partition coefficient (Wildman–Crippen LogP) is 1.03. The molecule has 0 aromatic heterocycles. The summed E-state index contributed by atoms with van der Waals surface area (Å²) >= 11 is 0. The molecule has 1 aromatic rings. The number of nitrogens with zero attached hydrogens (tertiary/aromatic N) is 1. The van der Waals surface area contributed by atoms with Crippen molar-refractivity contribution < 1.29 is 10.2 Å². The molecule has 1 rings (SSSR count). The van der Waals surface area contributed by atoms with Crippen LogP contribution in [0.25, 0.3) is 0 Å². The van der Waals surface area contributed by atoms with E-state index in [1.165, 1.54) is 5.56 Å². The Kier molecular flexibility index (Phi) is 5.32. The number of aliphatic hydroxyl groups is 2. The first-order chi connectivity index (χ1) is 7.29. The molecule has 0 radical (unpaired) electrons. The molecule has 0 saturated carbocycles. The van der Waals surface area contributed by atoms with Gasteiger partial charge < -0.3 is 10.2 Å². The maximum atomic E-state index is 8.94. The Morgan fingerprint density at radius 3 is 2.07 bits per heavy atom. The molecule has 0 aliphatic carbocycles. The molecule has 0 spiro atoms. The summed E-state index contributed by atoms with van der Waals surface area (Å²) < 4.78 is 0. The lowest BCUT2D eigenvalue weighted by atomic mass is 10.1. The molecular weight excluding hydrogens is 190 g/mol. The Bertz CT molecular complexity index is 258. The average molecular weight is 209 g/mol. The van der Waals surface area contributed by atoms with Gasteiger partial charge in [0.25, 0.3) is 0 Å². The van der Waals surface area contributed by atoms with Crippen LogP contribution in [0.3, 0.4) is 0 Å². The molecule has 84 valence electrons. The minimum Gasteiger partial charge on any atom is -0.395 e. The van der Waals surface area contributed by atoms with Crippen molar-refractivity contribution in [3.8, 4) is 0 Å². The number of rotatable bonds is 6. The van der Waals surface area contributed by atoms with Crippen LogP contribution in [0.2, 0.25) is 0 Å². The van der Waals surface area contributed by atoms with E-state index in [-0.39, 0.29) is 19.3 Å². The molecule has 15 heavy (non-hydrogen) atoms. The molecule has 0 amide bonds. The van der Waals surface area contributed by atoms with Gasteiger partial charge in [-0.1, -0.05) is 30.3 Å². The molecule has 1 atom stereocenters. The summed E-state index contributed by atoms with van der Waals surface area (Å²) in [6.45, 7) is 3.52. The second kappa shape index (κ2) is 6.56. The zero-order chi connectivity index (χ0) is 11.1. The van der Waals surface area contributed by atoms with E-state index in [0.29, 0.717) is 13.1 Å². The zero-order valence-corrected chi connectivity index (χ0v) is 9.13. The van der Waals surface area contributed by atoms with Crippen LogP contribution in [0.1, 0.15) is 18.5 Å². The van der Waals surface area contributed by atoms with Gasteiger partial charge in [-0.05, 0) is 12.5 Å². The van der Waals surface area contributed by atoms with Crippen molar-refractivity contribution in [2.45, 2.75) is 13.0 Å². The lowest BCUT2D eigenvalue weighted by molar-refractivity contribution is 0.129.